The van der Waals surface area contributed by atoms with Gasteiger partial charge in [-0.15, -0.1) is 0 Å². The number of guanidine groups is 1. The molecule has 2 N–H and O–H groups in total. The molecule has 1 aromatic rings. The van der Waals surface area contributed by atoms with Gasteiger partial charge in [0.1, 0.15) is 6.54 Å². The smallest absolute Gasteiger partial charge is 0.216 e. The molecule has 1 unspecified atom stereocenters. The molecular formula is C12H19N5O2. The summed E-state index contributed by atoms with van der Waals surface area (Å²) in [6.45, 7) is 4.55. The molecule has 19 heavy (non-hydrogen) atoms. The van der Waals surface area contributed by atoms with Crippen molar-refractivity contribution in [3.8, 4) is 5.88 Å². The third-order valence-electron chi connectivity index (χ3n) is 2.84. The molecule has 1 aromatic heterocycles. The maximum atomic E-state index is 5.96. The molecule has 1 aliphatic rings. The highest BCUT2D eigenvalue weighted by atomic mass is 16.5. The number of nitrogens with zero attached hydrogens (tertiary/aromatic N) is 4. The number of rotatable bonds is 3. The van der Waals surface area contributed by atoms with E-state index in [4.69, 9.17) is 15.2 Å². The van der Waals surface area contributed by atoms with E-state index in [1.54, 1.807) is 19.4 Å². The fraction of sp³-hybridized carbons (Fsp3) is 0.583. The van der Waals surface area contributed by atoms with Crippen LogP contribution in [0.5, 0.6) is 5.88 Å². The van der Waals surface area contributed by atoms with Gasteiger partial charge in [-0.1, -0.05) is 0 Å². The van der Waals surface area contributed by atoms with Crippen LogP contribution in [0.3, 0.4) is 0 Å². The van der Waals surface area contributed by atoms with E-state index >= 15 is 0 Å². The minimum Gasteiger partial charge on any atom is -0.481 e. The van der Waals surface area contributed by atoms with Crippen molar-refractivity contribution in [2.24, 2.45) is 10.7 Å². The van der Waals surface area contributed by atoms with Crippen LogP contribution in [0.1, 0.15) is 12.7 Å². The molecule has 0 aliphatic carbocycles. The van der Waals surface area contributed by atoms with Crippen LogP contribution in [0.25, 0.3) is 0 Å². The monoisotopic (exact) mass is 265 g/mol. The number of methoxy groups -OCH3 is 1. The molecule has 1 atom stereocenters. The summed E-state index contributed by atoms with van der Waals surface area (Å²) in [6, 6.07) is 1.69. The summed E-state index contributed by atoms with van der Waals surface area (Å²) in [5.41, 5.74) is 5.96. The van der Waals surface area contributed by atoms with Crippen LogP contribution in [0, 0.1) is 0 Å². The molecule has 2 heterocycles. The zero-order chi connectivity index (χ0) is 13.7. The summed E-state index contributed by atoms with van der Waals surface area (Å²) in [7, 11) is 1.57. The van der Waals surface area contributed by atoms with Crippen LogP contribution in [0.4, 0.5) is 0 Å². The van der Waals surface area contributed by atoms with Gasteiger partial charge in [0.05, 0.1) is 19.8 Å². The third-order valence-corrected chi connectivity index (χ3v) is 2.84. The molecule has 0 radical (unpaired) electrons. The van der Waals surface area contributed by atoms with Gasteiger partial charge in [-0.2, -0.15) is 4.98 Å². The minimum absolute atomic E-state index is 0.176. The van der Waals surface area contributed by atoms with Crippen LogP contribution in [0.2, 0.25) is 0 Å². The van der Waals surface area contributed by atoms with E-state index < -0.39 is 0 Å². The van der Waals surface area contributed by atoms with Crippen molar-refractivity contribution in [1.29, 1.82) is 0 Å². The Bertz CT molecular complexity index is 452. The van der Waals surface area contributed by atoms with E-state index in [0.29, 0.717) is 30.8 Å². The van der Waals surface area contributed by atoms with Crippen LogP contribution in [-0.4, -0.2) is 53.7 Å². The van der Waals surface area contributed by atoms with Gasteiger partial charge in [0, 0.05) is 25.4 Å². The molecule has 7 nitrogen and oxygen atoms in total. The molecule has 2 rings (SSSR count). The first-order chi connectivity index (χ1) is 9.19. The van der Waals surface area contributed by atoms with E-state index in [9.17, 15) is 0 Å². The standard InChI is InChI=1S/C12H19N5O2/c1-9-8-17(5-6-19-9)12(13)15-7-10-14-4-3-11(16-10)18-2/h3-4,9H,5-8H2,1-2H3,(H2,13,15). The number of aliphatic imine (C=N–C) groups is 1. The zero-order valence-electron chi connectivity index (χ0n) is 11.2. The van der Waals surface area contributed by atoms with Crippen LogP contribution in [0.15, 0.2) is 17.3 Å². The van der Waals surface area contributed by atoms with E-state index in [1.807, 2.05) is 11.8 Å². The Morgan fingerprint density at radius 1 is 1.68 bits per heavy atom. The van der Waals surface area contributed by atoms with E-state index in [2.05, 4.69) is 15.0 Å². The van der Waals surface area contributed by atoms with Crippen molar-refractivity contribution < 1.29 is 9.47 Å². The van der Waals surface area contributed by atoms with Gasteiger partial charge < -0.3 is 20.1 Å². The van der Waals surface area contributed by atoms with Gasteiger partial charge in [-0.25, -0.2) is 9.98 Å². The van der Waals surface area contributed by atoms with Crippen molar-refractivity contribution in [2.45, 2.75) is 19.6 Å². The maximum absolute atomic E-state index is 5.96. The highest BCUT2D eigenvalue weighted by Crippen LogP contribution is 2.06. The largest absolute Gasteiger partial charge is 0.481 e. The molecule has 0 spiro atoms. The number of ether oxygens (including phenoxy) is 2. The number of nitrogens with two attached hydrogens (primary N) is 1. The molecule has 1 saturated heterocycles. The summed E-state index contributed by atoms with van der Waals surface area (Å²) >= 11 is 0. The van der Waals surface area contributed by atoms with E-state index in [-0.39, 0.29) is 6.10 Å². The summed E-state index contributed by atoms with van der Waals surface area (Å²) in [5.74, 6) is 1.61. The first kappa shape index (κ1) is 13.5. The summed E-state index contributed by atoms with van der Waals surface area (Å²) in [6.07, 6.45) is 1.82. The fourth-order valence-electron chi connectivity index (χ4n) is 1.85. The first-order valence-corrected chi connectivity index (χ1v) is 6.21. The Morgan fingerprint density at radius 3 is 3.26 bits per heavy atom. The summed E-state index contributed by atoms with van der Waals surface area (Å²) in [5, 5.41) is 0. The van der Waals surface area contributed by atoms with Crippen LogP contribution >= 0.6 is 0 Å². The van der Waals surface area contributed by atoms with Gasteiger partial charge in [0.25, 0.3) is 0 Å². The first-order valence-electron chi connectivity index (χ1n) is 6.21. The van der Waals surface area contributed by atoms with Gasteiger partial charge >= 0.3 is 0 Å². The average molecular weight is 265 g/mol. The predicted molar refractivity (Wildman–Crippen MR) is 70.9 cm³/mol. The quantitative estimate of drug-likeness (QED) is 0.612. The molecule has 0 saturated carbocycles. The lowest BCUT2D eigenvalue weighted by Gasteiger charge is -2.31. The number of hydrogen-bond acceptors (Lipinski definition) is 5. The average Bonchev–Trinajstić information content (AvgIpc) is 2.45. The van der Waals surface area contributed by atoms with Crippen LogP contribution < -0.4 is 10.5 Å². The second-order valence-corrected chi connectivity index (χ2v) is 4.32. The molecule has 0 amide bonds. The molecular weight excluding hydrogens is 246 g/mol. The molecule has 104 valence electrons. The van der Waals surface area contributed by atoms with Crippen molar-refractivity contribution in [3.63, 3.8) is 0 Å². The Hall–Kier alpha value is -1.89. The second kappa shape index (κ2) is 6.33. The maximum Gasteiger partial charge on any atom is 0.216 e. The molecule has 7 heteroatoms. The highest BCUT2D eigenvalue weighted by molar-refractivity contribution is 5.78. The van der Waals surface area contributed by atoms with Crippen molar-refractivity contribution in [1.82, 2.24) is 14.9 Å². The summed E-state index contributed by atoms with van der Waals surface area (Å²) < 4.78 is 10.5. The number of morpholine rings is 1. The SMILES string of the molecule is COc1ccnc(CN=C(N)N2CCOC(C)C2)n1. The van der Waals surface area contributed by atoms with Crippen molar-refractivity contribution >= 4 is 5.96 Å². The Kier molecular flexibility index (Phi) is 4.51. The van der Waals surface area contributed by atoms with Gasteiger partial charge in [0.2, 0.25) is 5.88 Å². The lowest BCUT2D eigenvalue weighted by atomic mass is 10.3. The number of aromatic nitrogens is 2. The lowest BCUT2D eigenvalue weighted by Crippen LogP contribution is -2.47. The Labute approximate surface area is 112 Å². The summed E-state index contributed by atoms with van der Waals surface area (Å²) in [4.78, 5) is 14.6. The van der Waals surface area contributed by atoms with Crippen molar-refractivity contribution in [3.05, 3.63) is 18.1 Å². The Morgan fingerprint density at radius 2 is 2.53 bits per heavy atom. The van der Waals surface area contributed by atoms with Gasteiger partial charge in [0.15, 0.2) is 11.8 Å². The van der Waals surface area contributed by atoms with Crippen LogP contribution in [-0.2, 0) is 11.3 Å². The molecule has 0 bridgehead atoms. The van der Waals surface area contributed by atoms with E-state index in [0.717, 1.165) is 13.1 Å². The third kappa shape index (κ3) is 3.78. The fourth-order valence-corrected chi connectivity index (χ4v) is 1.85. The topological polar surface area (TPSA) is 85.9 Å². The van der Waals surface area contributed by atoms with E-state index in [1.165, 1.54) is 0 Å². The van der Waals surface area contributed by atoms with Gasteiger partial charge in [-0.3, -0.25) is 0 Å². The van der Waals surface area contributed by atoms with Crippen molar-refractivity contribution in [2.75, 3.05) is 26.8 Å². The normalized spacial score (nSPS) is 20.4. The predicted octanol–water partition coefficient (Wildman–Crippen LogP) is 0.0206. The molecule has 1 fully saturated rings. The number of hydrogen-bond donors (Lipinski definition) is 1. The molecule has 1 aliphatic heterocycles. The highest BCUT2D eigenvalue weighted by Gasteiger charge is 2.17. The van der Waals surface area contributed by atoms with Gasteiger partial charge in [-0.05, 0) is 6.92 Å². The molecule has 0 aromatic carbocycles. The lowest BCUT2D eigenvalue weighted by molar-refractivity contribution is 0.00528. The Balaban J connectivity index is 1.96. The zero-order valence-corrected chi connectivity index (χ0v) is 11.2. The minimum atomic E-state index is 0.176. The second-order valence-electron chi connectivity index (χ2n) is 4.32.